The van der Waals surface area contributed by atoms with E-state index in [0.29, 0.717) is 36.1 Å². The zero-order valence-corrected chi connectivity index (χ0v) is 24.6. The molecule has 2 fully saturated rings. The summed E-state index contributed by atoms with van der Waals surface area (Å²) in [4.78, 5) is 28.7. The second-order valence-electron chi connectivity index (χ2n) is 11.2. The van der Waals surface area contributed by atoms with E-state index in [-0.39, 0.29) is 31.4 Å². The fourth-order valence-electron chi connectivity index (χ4n) is 6.62. The molecule has 2 saturated carbocycles. The van der Waals surface area contributed by atoms with Gasteiger partial charge in [0.05, 0.1) is 16.2 Å². The Hall–Kier alpha value is -1.65. The van der Waals surface area contributed by atoms with E-state index in [4.69, 9.17) is 4.74 Å². The van der Waals surface area contributed by atoms with Crippen LogP contribution in [0, 0.1) is 21.3 Å². The average molecular weight is 639 g/mol. The van der Waals surface area contributed by atoms with Crippen LogP contribution in [0.15, 0.2) is 35.9 Å². The zero-order valence-electron chi connectivity index (χ0n) is 22.5. The Balaban J connectivity index is 1.57. The number of rotatable bonds is 13. The highest BCUT2D eigenvalue weighted by Gasteiger charge is 2.44. The van der Waals surface area contributed by atoms with Crippen molar-refractivity contribution in [1.29, 1.82) is 0 Å². The molecule has 4 rings (SSSR count). The minimum absolute atomic E-state index is 0.0909. The molecule has 0 saturated heterocycles. The number of benzene rings is 1. The number of para-hydroxylation sites is 1. The summed E-state index contributed by atoms with van der Waals surface area (Å²) in [6.45, 7) is 2.73. The Labute approximate surface area is 240 Å². The molecule has 3 aliphatic carbocycles. The number of nitrogens with one attached hydrogen (secondary N) is 1. The molecule has 7 nitrogen and oxygen atoms in total. The average Bonchev–Trinajstić information content (AvgIpc) is 3.53. The van der Waals surface area contributed by atoms with Crippen molar-refractivity contribution in [2.24, 2.45) is 17.8 Å². The van der Waals surface area contributed by atoms with Crippen LogP contribution in [0.25, 0.3) is 0 Å². The molecule has 2 amide bonds. The highest BCUT2D eigenvalue weighted by Crippen LogP contribution is 2.49. The third kappa shape index (κ3) is 7.30. The van der Waals surface area contributed by atoms with Gasteiger partial charge in [-0.05, 0) is 84.2 Å². The molecule has 0 aromatic heterocycles. The normalized spacial score (nSPS) is 28.2. The summed E-state index contributed by atoms with van der Waals surface area (Å²) in [5.41, 5.74) is 0.482. The molecule has 2 bridgehead atoms. The minimum atomic E-state index is -0.962. The number of hydrogen-bond acceptors (Lipinski definition) is 5. The first-order valence-corrected chi connectivity index (χ1v) is 15.5. The molecule has 1 aromatic rings. The molecule has 3 aliphatic rings. The number of ether oxygens (including phenoxy) is 1. The zero-order chi connectivity index (χ0) is 27.1. The van der Waals surface area contributed by atoms with Crippen LogP contribution in [0.4, 0.5) is 0 Å². The molecule has 38 heavy (non-hydrogen) atoms. The first kappa shape index (κ1) is 29.3. The molecule has 8 heteroatoms. The summed E-state index contributed by atoms with van der Waals surface area (Å²) in [7, 11) is 0. The second kappa shape index (κ2) is 14.1. The van der Waals surface area contributed by atoms with E-state index >= 15 is 0 Å². The Morgan fingerprint density at radius 2 is 1.97 bits per heavy atom. The van der Waals surface area contributed by atoms with E-state index in [9.17, 15) is 19.8 Å². The van der Waals surface area contributed by atoms with Crippen LogP contribution in [-0.4, -0.2) is 64.9 Å². The molecule has 0 spiro atoms. The Morgan fingerprint density at radius 3 is 2.66 bits per heavy atom. The van der Waals surface area contributed by atoms with E-state index in [0.717, 1.165) is 41.6 Å². The summed E-state index contributed by atoms with van der Waals surface area (Å²) in [6.07, 6.45) is 9.77. The fourth-order valence-corrected chi connectivity index (χ4v) is 7.13. The topological polar surface area (TPSA) is 99.1 Å². The van der Waals surface area contributed by atoms with Crippen LogP contribution in [0.2, 0.25) is 0 Å². The van der Waals surface area contributed by atoms with Crippen LogP contribution < -0.4 is 10.1 Å². The van der Waals surface area contributed by atoms with Gasteiger partial charge in [0.25, 0.3) is 0 Å². The van der Waals surface area contributed by atoms with Gasteiger partial charge in [-0.2, -0.15) is 0 Å². The van der Waals surface area contributed by atoms with E-state index in [1.807, 2.05) is 29.2 Å². The van der Waals surface area contributed by atoms with Gasteiger partial charge in [0, 0.05) is 31.5 Å². The van der Waals surface area contributed by atoms with E-state index in [1.165, 1.54) is 19.3 Å². The lowest BCUT2D eigenvalue weighted by molar-refractivity contribution is -0.140. The minimum Gasteiger partial charge on any atom is -0.482 e. The molecule has 210 valence electrons. The van der Waals surface area contributed by atoms with Gasteiger partial charge < -0.3 is 25.2 Å². The lowest BCUT2D eigenvalue weighted by Gasteiger charge is -2.41. The van der Waals surface area contributed by atoms with Crippen LogP contribution in [0.3, 0.4) is 0 Å². The van der Waals surface area contributed by atoms with Crippen molar-refractivity contribution < 1.29 is 24.5 Å². The van der Waals surface area contributed by atoms with E-state index in [2.05, 4.69) is 34.8 Å². The van der Waals surface area contributed by atoms with Crippen molar-refractivity contribution in [2.45, 2.75) is 89.4 Å². The van der Waals surface area contributed by atoms with E-state index in [1.54, 1.807) is 6.08 Å². The fraction of sp³-hybridized carbons (Fsp3) is 0.667. The Bertz CT molecular complexity index is 985. The number of aliphatic hydroxyl groups is 2. The van der Waals surface area contributed by atoms with Crippen molar-refractivity contribution >= 4 is 34.4 Å². The Kier molecular flexibility index (Phi) is 10.9. The number of carbonyl (C=O) groups is 2. The van der Waals surface area contributed by atoms with Gasteiger partial charge in [-0.15, -0.1) is 0 Å². The van der Waals surface area contributed by atoms with Crippen molar-refractivity contribution in [1.82, 2.24) is 10.2 Å². The highest BCUT2D eigenvalue weighted by atomic mass is 127. The van der Waals surface area contributed by atoms with Crippen LogP contribution in [0.5, 0.6) is 5.75 Å². The number of aliphatic hydroxyl groups excluding tert-OH is 2. The van der Waals surface area contributed by atoms with Crippen LogP contribution in [0.1, 0.15) is 71.1 Å². The summed E-state index contributed by atoms with van der Waals surface area (Å²) in [5.74, 6) is 2.28. The number of hydrogen-bond donors (Lipinski definition) is 3. The second-order valence-corrected chi connectivity index (χ2v) is 12.4. The lowest BCUT2D eigenvalue weighted by Crippen LogP contribution is -2.55. The number of carbonyl (C=O) groups excluding carboxylic acids is 2. The smallest absolute Gasteiger partial charge is 0.247 e. The van der Waals surface area contributed by atoms with Gasteiger partial charge in [-0.1, -0.05) is 44.7 Å². The molecule has 0 heterocycles. The van der Waals surface area contributed by atoms with Crippen molar-refractivity contribution in [3.63, 3.8) is 0 Å². The van der Waals surface area contributed by atoms with Gasteiger partial charge in [0.2, 0.25) is 11.8 Å². The maximum absolute atomic E-state index is 13.9. The quantitative estimate of drug-likeness (QED) is 0.219. The predicted molar refractivity (Wildman–Crippen MR) is 156 cm³/mol. The summed E-state index contributed by atoms with van der Waals surface area (Å²) >= 11 is 2.19. The number of fused-ring (bicyclic) bond motifs is 2. The first-order valence-electron chi connectivity index (χ1n) is 14.4. The third-order valence-corrected chi connectivity index (χ3v) is 9.50. The van der Waals surface area contributed by atoms with Crippen molar-refractivity contribution in [3.8, 4) is 5.75 Å². The maximum Gasteiger partial charge on any atom is 0.247 e. The van der Waals surface area contributed by atoms with Gasteiger partial charge in [-0.25, -0.2) is 0 Å². The predicted octanol–water partition coefficient (Wildman–Crippen LogP) is 4.44. The monoisotopic (exact) mass is 638 g/mol. The van der Waals surface area contributed by atoms with Crippen LogP contribution >= 0.6 is 22.6 Å². The highest BCUT2D eigenvalue weighted by molar-refractivity contribution is 14.1. The summed E-state index contributed by atoms with van der Waals surface area (Å²) in [6, 6.07) is 7.03. The maximum atomic E-state index is 13.9. The first-order chi connectivity index (χ1) is 18.4. The standard InChI is InChI=1S/C30H43IN2O5/c1-2-3-4-7-13-33(28(35)19-22-16-20-10-11-21(22)15-20)25-17-23(30(37)32-12-14-34)18-27(29(25)36)38-26-9-6-5-8-24(26)31/h5-6,8-9,18,20-22,25,27,29,34,36H,2-4,7,10-17,19H2,1H3,(H,32,37). The molecule has 3 N–H and O–H groups in total. The number of nitrogens with zero attached hydrogens (tertiary/aromatic N) is 1. The number of amides is 2. The largest absolute Gasteiger partial charge is 0.482 e. The lowest BCUT2D eigenvalue weighted by atomic mass is 9.84. The Morgan fingerprint density at radius 1 is 1.16 bits per heavy atom. The van der Waals surface area contributed by atoms with Gasteiger partial charge >= 0.3 is 0 Å². The molecule has 0 aliphatic heterocycles. The van der Waals surface area contributed by atoms with Gasteiger partial charge in [-0.3, -0.25) is 9.59 Å². The summed E-state index contributed by atoms with van der Waals surface area (Å²) < 4.78 is 7.16. The number of halogens is 1. The third-order valence-electron chi connectivity index (χ3n) is 8.61. The summed E-state index contributed by atoms with van der Waals surface area (Å²) in [5, 5.41) is 23.6. The molecule has 6 unspecified atom stereocenters. The van der Waals surface area contributed by atoms with Gasteiger partial charge in [0.1, 0.15) is 18.0 Å². The molecule has 0 radical (unpaired) electrons. The van der Waals surface area contributed by atoms with E-state index < -0.39 is 18.2 Å². The molecule has 1 aromatic carbocycles. The van der Waals surface area contributed by atoms with Crippen molar-refractivity contribution in [3.05, 3.63) is 39.5 Å². The molecule has 6 atom stereocenters. The van der Waals surface area contributed by atoms with Crippen molar-refractivity contribution in [2.75, 3.05) is 19.7 Å². The molecular formula is C30H43IN2O5. The van der Waals surface area contributed by atoms with Crippen LogP contribution in [-0.2, 0) is 9.59 Å². The molecular weight excluding hydrogens is 595 g/mol. The van der Waals surface area contributed by atoms with Gasteiger partial charge in [0.15, 0.2) is 0 Å². The number of unbranched alkanes of at least 4 members (excludes halogenated alkanes) is 3. The SMILES string of the molecule is CCCCCCN(C(=O)CC1CC2CCC1C2)C1CC(C(=O)NCCO)=CC(Oc2ccccc2I)C1O.